The molecular weight excluding hydrogens is 332 g/mol. The smallest absolute Gasteiger partial charge is 0.337 e. The number of methoxy groups -OCH3 is 1. The predicted molar refractivity (Wildman–Crippen MR) is 97.4 cm³/mol. The fourth-order valence-corrected chi connectivity index (χ4v) is 2.57. The monoisotopic (exact) mass is 352 g/mol. The summed E-state index contributed by atoms with van der Waals surface area (Å²) in [5.74, 6) is -0.754. The molecule has 1 aromatic carbocycles. The van der Waals surface area contributed by atoms with Crippen LogP contribution < -0.4 is 5.32 Å². The molecule has 7 nitrogen and oxygen atoms in total. The Bertz CT molecular complexity index is 969. The Hall–Kier alpha value is -3.22. The molecule has 0 radical (unpaired) electrons. The maximum atomic E-state index is 12.6. The van der Waals surface area contributed by atoms with Crippen molar-refractivity contribution in [3.05, 3.63) is 59.5 Å². The van der Waals surface area contributed by atoms with Gasteiger partial charge in [0.15, 0.2) is 5.65 Å². The van der Waals surface area contributed by atoms with Crippen LogP contribution in [0.1, 0.15) is 47.3 Å². The van der Waals surface area contributed by atoms with E-state index in [1.54, 1.807) is 47.1 Å². The van der Waals surface area contributed by atoms with Crippen molar-refractivity contribution in [2.75, 3.05) is 12.4 Å². The minimum Gasteiger partial charge on any atom is -0.465 e. The van der Waals surface area contributed by atoms with E-state index in [9.17, 15) is 9.59 Å². The van der Waals surface area contributed by atoms with Gasteiger partial charge in [0.25, 0.3) is 5.91 Å². The fraction of sp³-hybridized carbons (Fsp3) is 0.263. The van der Waals surface area contributed by atoms with Crippen LogP contribution in [0.4, 0.5) is 5.69 Å². The van der Waals surface area contributed by atoms with E-state index >= 15 is 0 Å². The fourth-order valence-electron chi connectivity index (χ4n) is 2.57. The number of benzene rings is 1. The number of nitrogens with zero attached hydrogens (tertiary/aromatic N) is 3. The molecule has 0 atom stereocenters. The van der Waals surface area contributed by atoms with Gasteiger partial charge < -0.3 is 10.1 Å². The number of aromatic nitrogens is 3. The van der Waals surface area contributed by atoms with Gasteiger partial charge in [-0.15, -0.1) is 0 Å². The van der Waals surface area contributed by atoms with E-state index in [1.165, 1.54) is 7.11 Å². The summed E-state index contributed by atoms with van der Waals surface area (Å²) in [5.41, 5.74) is 2.58. The number of hydrogen-bond acceptors (Lipinski definition) is 5. The lowest BCUT2D eigenvalue weighted by Crippen LogP contribution is -2.21. The molecule has 0 fully saturated rings. The number of hydrogen-bond donors (Lipinski definition) is 1. The zero-order valence-electron chi connectivity index (χ0n) is 15.1. The SMILES string of the molecule is COC(=O)c1ccc(NC(=O)c2cc(C(C)(C)C)n3nccc3n2)cc1. The van der Waals surface area contributed by atoms with E-state index in [0.29, 0.717) is 22.6 Å². The minimum absolute atomic E-state index is 0.204. The first-order valence-electron chi connectivity index (χ1n) is 8.14. The lowest BCUT2D eigenvalue weighted by Gasteiger charge is -2.20. The average molecular weight is 352 g/mol. The van der Waals surface area contributed by atoms with Crippen LogP contribution in [-0.4, -0.2) is 33.6 Å². The molecule has 134 valence electrons. The second-order valence-electron chi connectivity index (χ2n) is 6.90. The highest BCUT2D eigenvalue weighted by Gasteiger charge is 2.22. The number of fused-ring (bicyclic) bond motifs is 1. The van der Waals surface area contributed by atoms with Crippen LogP contribution in [0, 0.1) is 0 Å². The standard InChI is InChI=1S/C19H20N4O3/c1-19(2,3)15-11-14(22-16-9-10-20-23(15)16)17(24)21-13-7-5-12(6-8-13)18(25)26-4/h5-11H,1-4H3,(H,21,24). The van der Waals surface area contributed by atoms with Gasteiger partial charge in [0.2, 0.25) is 0 Å². The van der Waals surface area contributed by atoms with E-state index in [2.05, 4.69) is 40.9 Å². The predicted octanol–water partition coefficient (Wildman–Crippen LogP) is 3.07. The van der Waals surface area contributed by atoms with Crippen LogP contribution in [0.3, 0.4) is 0 Å². The van der Waals surface area contributed by atoms with E-state index in [4.69, 9.17) is 0 Å². The van der Waals surface area contributed by atoms with Crippen LogP contribution in [-0.2, 0) is 10.2 Å². The lowest BCUT2D eigenvalue weighted by molar-refractivity contribution is 0.0600. The molecule has 0 saturated heterocycles. The molecule has 3 rings (SSSR count). The number of rotatable bonds is 3. The first kappa shape index (κ1) is 17.6. The third-order valence-electron chi connectivity index (χ3n) is 3.92. The molecule has 2 heterocycles. The molecule has 0 bridgehead atoms. The number of carbonyl (C=O) groups is 2. The number of amides is 1. The van der Waals surface area contributed by atoms with Gasteiger partial charge in [-0.2, -0.15) is 5.10 Å². The first-order valence-corrected chi connectivity index (χ1v) is 8.14. The number of nitrogens with one attached hydrogen (secondary N) is 1. The van der Waals surface area contributed by atoms with Crippen molar-refractivity contribution in [3.8, 4) is 0 Å². The number of ether oxygens (including phenoxy) is 1. The molecule has 26 heavy (non-hydrogen) atoms. The largest absolute Gasteiger partial charge is 0.465 e. The summed E-state index contributed by atoms with van der Waals surface area (Å²) in [5, 5.41) is 7.08. The van der Waals surface area contributed by atoms with Gasteiger partial charge in [-0.1, -0.05) is 20.8 Å². The number of esters is 1. The highest BCUT2D eigenvalue weighted by molar-refractivity contribution is 6.03. The quantitative estimate of drug-likeness (QED) is 0.732. The van der Waals surface area contributed by atoms with Crippen molar-refractivity contribution in [2.24, 2.45) is 0 Å². The Balaban J connectivity index is 1.89. The molecule has 0 aliphatic carbocycles. The second kappa shape index (κ2) is 6.59. The molecule has 2 aromatic heterocycles. The van der Waals surface area contributed by atoms with Gasteiger partial charge in [-0.25, -0.2) is 14.3 Å². The van der Waals surface area contributed by atoms with Crippen molar-refractivity contribution < 1.29 is 14.3 Å². The van der Waals surface area contributed by atoms with Crippen molar-refractivity contribution in [2.45, 2.75) is 26.2 Å². The normalized spacial score (nSPS) is 11.4. The Labute approximate surface area is 151 Å². The van der Waals surface area contributed by atoms with Crippen molar-refractivity contribution in [3.63, 3.8) is 0 Å². The van der Waals surface area contributed by atoms with Crippen molar-refractivity contribution >= 4 is 23.2 Å². The average Bonchev–Trinajstić information content (AvgIpc) is 3.08. The van der Waals surface area contributed by atoms with Gasteiger partial charge in [0.05, 0.1) is 24.6 Å². The third-order valence-corrected chi connectivity index (χ3v) is 3.92. The summed E-state index contributed by atoms with van der Waals surface area (Å²) in [4.78, 5) is 28.5. The highest BCUT2D eigenvalue weighted by Crippen LogP contribution is 2.23. The number of carbonyl (C=O) groups excluding carboxylic acids is 2. The molecule has 0 aliphatic rings. The molecule has 0 unspecified atom stereocenters. The Morgan fingerprint density at radius 1 is 1.12 bits per heavy atom. The van der Waals surface area contributed by atoms with Gasteiger partial charge >= 0.3 is 5.97 Å². The summed E-state index contributed by atoms with van der Waals surface area (Å²) < 4.78 is 6.40. The molecule has 0 aliphatic heterocycles. The number of anilines is 1. The van der Waals surface area contributed by atoms with Crippen LogP contribution in [0.2, 0.25) is 0 Å². The van der Waals surface area contributed by atoms with Crippen LogP contribution in [0.15, 0.2) is 42.6 Å². The molecule has 7 heteroatoms. The topological polar surface area (TPSA) is 85.6 Å². The van der Waals surface area contributed by atoms with Crippen LogP contribution in [0.25, 0.3) is 5.65 Å². The Morgan fingerprint density at radius 3 is 2.42 bits per heavy atom. The zero-order chi connectivity index (χ0) is 18.9. The molecule has 3 aromatic rings. The second-order valence-corrected chi connectivity index (χ2v) is 6.90. The summed E-state index contributed by atoms with van der Waals surface area (Å²) in [6.45, 7) is 6.16. The lowest BCUT2D eigenvalue weighted by atomic mass is 9.91. The van der Waals surface area contributed by atoms with Gasteiger partial charge in [0.1, 0.15) is 5.69 Å². The molecule has 0 saturated carbocycles. The van der Waals surface area contributed by atoms with Gasteiger partial charge in [-0.05, 0) is 30.3 Å². The van der Waals surface area contributed by atoms with Crippen LogP contribution >= 0.6 is 0 Å². The van der Waals surface area contributed by atoms with E-state index in [0.717, 1.165) is 5.69 Å². The van der Waals surface area contributed by atoms with Crippen LogP contribution in [0.5, 0.6) is 0 Å². The summed E-state index contributed by atoms with van der Waals surface area (Å²) in [7, 11) is 1.32. The maximum absolute atomic E-state index is 12.6. The maximum Gasteiger partial charge on any atom is 0.337 e. The van der Waals surface area contributed by atoms with E-state index in [1.807, 2.05) is 0 Å². The van der Waals surface area contributed by atoms with Crippen molar-refractivity contribution in [1.82, 2.24) is 14.6 Å². The Morgan fingerprint density at radius 2 is 1.81 bits per heavy atom. The highest BCUT2D eigenvalue weighted by atomic mass is 16.5. The summed E-state index contributed by atoms with van der Waals surface area (Å²) in [6.07, 6.45) is 1.66. The van der Waals surface area contributed by atoms with E-state index < -0.39 is 5.97 Å². The molecule has 1 N–H and O–H groups in total. The van der Waals surface area contributed by atoms with Crippen molar-refractivity contribution in [1.29, 1.82) is 0 Å². The molecule has 0 spiro atoms. The third kappa shape index (κ3) is 3.42. The first-order chi connectivity index (χ1) is 12.3. The van der Waals surface area contributed by atoms with Gasteiger partial charge in [0, 0.05) is 17.2 Å². The zero-order valence-corrected chi connectivity index (χ0v) is 15.1. The van der Waals surface area contributed by atoms with E-state index in [-0.39, 0.29) is 11.3 Å². The summed E-state index contributed by atoms with van der Waals surface area (Å²) >= 11 is 0. The molecular formula is C19H20N4O3. The molecule has 1 amide bonds. The summed E-state index contributed by atoms with van der Waals surface area (Å²) in [6, 6.07) is 9.99. The Kier molecular flexibility index (Phi) is 4.46. The van der Waals surface area contributed by atoms with Gasteiger partial charge in [-0.3, -0.25) is 4.79 Å². The minimum atomic E-state index is -0.425.